The number of amides is 2. The fraction of sp³-hybridized carbons (Fsp3) is 0.385. The molecule has 0 saturated carbocycles. The van der Waals surface area contributed by atoms with Gasteiger partial charge in [-0.25, -0.2) is 0 Å². The van der Waals surface area contributed by atoms with Crippen molar-refractivity contribution in [3.05, 3.63) is 35.4 Å². The standard InChI is InChI=1S/C13H16N2O3/c1-3-13(18)10-7-5-4-6-9(10)12(17)15(13)8-11(16)14-2/h4-7,18H,3,8H2,1-2H3,(H,14,16). The Balaban J connectivity index is 2.45. The summed E-state index contributed by atoms with van der Waals surface area (Å²) in [4.78, 5) is 24.9. The Morgan fingerprint density at radius 2 is 2.11 bits per heavy atom. The lowest BCUT2D eigenvalue weighted by Gasteiger charge is -2.32. The molecule has 0 saturated heterocycles. The van der Waals surface area contributed by atoms with E-state index in [0.717, 1.165) is 0 Å². The second-order valence-electron chi connectivity index (χ2n) is 4.28. The number of hydrogen-bond donors (Lipinski definition) is 2. The third kappa shape index (κ3) is 1.67. The molecular weight excluding hydrogens is 232 g/mol. The molecule has 0 spiro atoms. The van der Waals surface area contributed by atoms with E-state index in [-0.39, 0.29) is 18.4 Å². The Labute approximate surface area is 105 Å². The highest BCUT2D eigenvalue weighted by Gasteiger charge is 2.47. The normalized spacial score (nSPS) is 21.9. The van der Waals surface area contributed by atoms with Gasteiger partial charge in [0.1, 0.15) is 6.54 Å². The van der Waals surface area contributed by atoms with Gasteiger partial charge in [0.25, 0.3) is 5.91 Å². The van der Waals surface area contributed by atoms with Gasteiger partial charge in [-0.3, -0.25) is 14.5 Å². The molecule has 5 heteroatoms. The van der Waals surface area contributed by atoms with Crippen LogP contribution in [0.15, 0.2) is 24.3 Å². The Morgan fingerprint density at radius 1 is 1.44 bits per heavy atom. The van der Waals surface area contributed by atoms with Gasteiger partial charge < -0.3 is 10.4 Å². The third-order valence-electron chi connectivity index (χ3n) is 3.35. The van der Waals surface area contributed by atoms with E-state index in [1.54, 1.807) is 31.2 Å². The highest BCUT2D eigenvalue weighted by Crippen LogP contribution is 2.38. The maximum Gasteiger partial charge on any atom is 0.257 e. The molecule has 0 radical (unpaired) electrons. The maximum absolute atomic E-state index is 12.2. The van der Waals surface area contributed by atoms with Gasteiger partial charge in [-0.1, -0.05) is 25.1 Å². The minimum Gasteiger partial charge on any atom is -0.367 e. The number of nitrogens with one attached hydrogen (secondary N) is 1. The van der Waals surface area contributed by atoms with Crippen molar-refractivity contribution in [3.8, 4) is 0 Å². The van der Waals surface area contributed by atoms with Crippen LogP contribution in [0.3, 0.4) is 0 Å². The molecule has 5 nitrogen and oxygen atoms in total. The van der Waals surface area contributed by atoms with Crippen LogP contribution in [-0.2, 0) is 10.5 Å². The Bertz CT molecular complexity index is 501. The molecule has 2 amide bonds. The number of hydrogen-bond acceptors (Lipinski definition) is 3. The molecule has 1 aliphatic heterocycles. The quantitative estimate of drug-likeness (QED) is 0.815. The summed E-state index contributed by atoms with van der Waals surface area (Å²) >= 11 is 0. The smallest absolute Gasteiger partial charge is 0.257 e. The van der Waals surface area contributed by atoms with E-state index in [0.29, 0.717) is 17.5 Å². The first-order valence-electron chi connectivity index (χ1n) is 5.89. The van der Waals surface area contributed by atoms with Gasteiger partial charge in [0.2, 0.25) is 5.91 Å². The SMILES string of the molecule is CCC1(O)c2ccccc2C(=O)N1CC(=O)NC. The van der Waals surface area contributed by atoms with Crippen LogP contribution in [-0.4, -0.2) is 35.4 Å². The van der Waals surface area contributed by atoms with Crippen LogP contribution in [0, 0.1) is 0 Å². The lowest BCUT2D eigenvalue weighted by molar-refractivity contribution is -0.130. The molecule has 2 N–H and O–H groups in total. The van der Waals surface area contributed by atoms with E-state index in [9.17, 15) is 14.7 Å². The van der Waals surface area contributed by atoms with Crippen LogP contribution in [0.5, 0.6) is 0 Å². The van der Waals surface area contributed by atoms with Crippen LogP contribution >= 0.6 is 0 Å². The van der Waals surface area contributed by atoms with Gasteiger partial charge in [-0.2, -0.15) is 0 Å². The Hall–Kier alpha value is -1.88. The van der Waals surface area contributed by atoms with E-state index in [4.69, 9.17) is 0 Å². The minimum absolute atomic E-state index is 0.144. The molecular formula is C13H16N2O3. The van der Waals surface area contributed by atoms with Gasteiger partial charge in [0.05, 0.1) is 0 Å². The highest BCUT2D eigenvalue weighted by atomic mass is 16.3. The summed E-state index contributed by atoms with van der Waals surface area (Å²) in [7, 11) is 1.50. The zero-order valence-electron chi connectivity index (χ0n) is 10.4. The summed E-state index contributed by atoms with van der Waals surface area (Å²) in [6, 6.07) is 6.91. The first-order valence-corrected chi connectivity index (χ1v) is 5.89. The molecule has 1 aromatic rings. The van der Waals surface area contributed by atoms with Gasteiger partial charge in [0.15, 0.2) is 5.72 Å². The van der Waals surface area contributed by atoms with E-state index >= 15 is 0 Å². The fourth-order valence-electron chi connectivity index (χ4n) is 2.28. The first-order chi connectivity index (χ1) is 8.54. The number of carbonyl (C=O) groups is 2. The summed E-state index contributed by atoms with van der Waals surface area (Å²) in [5.74, 6) is -0.610. The van der Waals surface area contributed by atoms with Crippen LogP contribution in [0.2, 0.25) is 0 Å². The van der Waals surface area contributed by atoms with Crippen LogP contribution in [0.1, 0.15) is 29.3 Å². The number of likely N-dealkylation sites (N-methyl/N-ethyl adjacent to an activating group) is 1. The second-order valence-corrected chi connectivity index (χ2v) is 4.28. The predicted molar refractivity (Wildman–Crippen MR) is 65.7 cm³/mol. The monoisotopic (exact) mass is 248 g/mol. The average molecular weight is 248 g/mol. The molecule has 1 unspecified atom stereocenters. The van der Waals surface area contributed by atoms with Gasteiger partial charge in [-0.15, -0.1) is 0 Å². The molecule has 0 bridgehead atoms. The molecule has 1 atom stereocenters. The molecule has 0 aromatic heterocycles. The summed E-state index contributed by atoms with van der Waals surface area (Å²) in [6.07, 6.45) is 0.340. The van der Waals surface area contributed by atoms with Crippen molar-refractivity contribution in [1.29, 1.82) is 0 Å². The predicted octanol–water partition coefficient (Wildman–Crippen LogP) is 0.443. The number of benzene rings is 1. The Morgan fingerprint density at radius 3 is 2.72 bits per heavy atom. The summed E-state index contributed by atoms with van der Waals surface area (Å²) in [5, 5.41) is 13.1. The number of aliphatic hydroxyl groups is 1. The van der Waals surface area contributed by atoms with Crippen molar-refractivity contribution >= 4 is 11.8 Å². The second kappa shape index (κ2) is 4.42. The summed E-state index contributed by atoms with van der Waals surface area (Å²) in [6.45, 7) is 1.64. The van der Waals surface area contributed by atoms with Crippen molar-refractivity contribution in [2.45, 2.75) is 19.1 Å². The van der Waals surface area contributed by atoms with E-state index in [1.807, 2.05) is 0 Å². The van der Waals surface area contributed by atoms with Gasteiger partial charge in [0, 0.05) is 18.2 Å². The molecule has 0 fully saturated rings. The number of nitrogens with zero attached hydrogens (tertiary/aromatic N) is 1. The molecule has 18 heavy (non-hydrogen) atoms. The molecule has 1 aliphatic rings. The number of fused-ring (bicyclic) bond motifs is 1. The van der Waals surface area contributed by atoms with Gasteiger partial charge in [-0.05, 0) is 12.5 Å². The van der Waals surface area contributed by atoms with Crippen LogP contribution < -0.4 is 5.32 Å². The molecule has 0 aliphatic carbocycles. The van der Waals surface area contributed by atoms with Crippen LogP contribution in [0.25, 0.3) is 0 Å². The zero-order chi connectivity index (χ0) is 13.3. The summed E-state index contributed by atoms with van der Waals surface area (Å²) in [5.41, 5.74) is -0.354. The largest absolute Gasteiger partial charge is 0.367 e. The third-order valence-corrected chi connectivity index (χ3v) is 3.35. The Kier molecular flexibility index (Phi) is 3.09. The van der Waals surface area contributed by atoms with Crippen molar-refractivity contribution in [3.63, 3.8) is 0 Å². The van der Waals surface area contributed by atoms with E-state index in [1.165, 1.54) is 11.9 Å². The fourth-order valence-corrected chi connectivity index (χ4v) is 2.28. The van der Waals surface area contributed by atoms with E-state index < -0.39 is 5.72 Å². The van der Waals surface area contributed by atoms with Crippen molar-refractivity contribution in [1.82, 2.24) is 10.2 Å². The maximum atomic E-state index is 12.2. The van der Waals surface area contributed by atoms with Crippen molar-refractivity contribution in [2.24, 2.45) is 0 Å². The summed E-state index contributed by atoms with van der Waals surface area (Å²) < 4.78 is 0. The average Bonchev–Trinajstić information content (AvgIpc) is 2.62. The minimum atomic E-state index is -1.39. The lowest BCUT2D eigenvalue weighted by Crippen LogP contribution is -2.48. The first kappa shape index (κ1) is 12.6. The number of carbonyl (C=O) groups excluding carboxylic acids is 2. The lowest BCUT2D eigenvalue weighted by atomic mass is 9.99. The molecule has 1 heterocycles. The van der Waals surface area contributed by atoms with Crippen molar-refractivity contribution < 1.29 is 14.7 Å². The zero-order valence-corrected chi connectivity index (χ0v) is 10.4. The topological polar surface area (TPSA) is 69.6 Å². The van der Waals surface area contributed by atoms with Crippen LogP contribution in [0.4, 0.5) is 0 Å². The molecule has 1 aromatic carbocycles. The number of rotatable bonds is 3. The molecule has 96 valence electrons. The van der Waals surface area contributed by atoms with E-state index in [2.05, 4.69) is 5.32 Å². The molecule has 2 rings (SSSR count). The van der Waals surface area contributed by atoms with Crippen molar-refractivity contribution in [2.75, 3.05) is 13.6 Å². The van der Waals surface area contributed by atoms with Gasteiger partial charge >= 0.3 is 0 Å². The highest BCUT2D eigenvalue weighted by molar-refractivity contribution is 6.01.